The maximum atomic E-state index is 13.6. The van der Waals surface area contributed by atoms with Crippen molar-refractivity contribution in [2.75, 3.05) is 0 Å². The Balaban J connectivity index is 1.91. The van der Waals surface area contributed by atoms with E-state index in [2.05, 4.69) is 10.1 Å². The van der Waals surface area contributed by atoms with Crippen LogP contribution in [0.1, 0.15) is 18.2 Å². The summed E-state index contributed by atoms with van der Waals surface area (Å²) in [5, 5.41) is 2.85. The Hall–Kier alpha value is -2.15. The minimum absolute atomic E-state index is 0.201. The van der Waals surface area contributed by atoms with Gasteiger partial charge in [0.15, 0.2) is 17.3 Å². The molecule has 0 saturated heterocycles. The molecule has 22 heavy (non-hydrogen) atoms. The van der Waals surface area contributed by atoms with Gasteiger partial charge < -0.3 is 0 Å². The van der Waals surface area contributed by atoms with Crippen LogP contribution < -0.4 is 5.56 Å². The SMILES string of the molecule is CCc1c[nH]n2c(=O)cc(CSc3cccc(F)c3F)nc12. The molecule has 0 amide bonds. The second kappa shape index (κ2) is 5.92. The van der Waals surface area contributed by atoms with Gasteiger partial charge in [-0.15, -0.1) is 11.8 Å². The Kier molecular flexibility index (Phi) is 3.98. The molecule has 0 bridgehead atoms. The van der Waals surface area contributed by atoms with Crippen molar-refractivity contribution in [2.24, 2.45) is 0 Å². The van der Waals surface area contributed by atoms with Crippen LogP contribution >= 0.6 is 11.8 Å². The van der Waals surface area contributed by atoms with Gasteiger partial charge in [0.2, 0.25) is 0 Å². The van der Waals surface area contributed by atoms with E-state index >= 15 is 0 Å². The van der Waals surface area contributed by atoms with E-state index in [4.69, 9.17) is 0 Å². The Labute approximate surface area is 129 Å². The average molecular weight is 321 g/mol. The van der Waals surface area contributed by atoms with Crippen LogP contribution in [-0.4, -0.2) is 14.6 Å². The zero-order valence-electron chi connectivity index (χ0n) is 11.8. The predicted octanol–water partition coefficient (Wildman–Crippen LogP) is 3.16. The summed E-state index contributed by atoms with van der Waals surface area (Å²) in [6.45, 7) is 1.97. The van der Waals surface area contributed by atoms with Crippen molar-refractivity contribution in [1.29, 1.82) is 0 Å². The lowest BCUT2D eigenvalue weighted by Gasteiger charge is -2.04. The van der Waals surface area contributed by atoms with Gasteiger partial charge in [-0.1, -0.05) is 13.0 Å². The summed E-state index contributed by atoms with van der Waals surface area (Å²) in [5.74, 6) is -1.46. The Morgan fingerprint density at radius 2 is 2.18 bits per heavy atom. The Bertz CT molecular complexity index is 888. The second-order valence-corrected chi connectivity index (χ2v) is 5.75. The fourth-order valence-corrected chi connectivity index (χ4v) is 3.01. The van der Waals surface area contributed by atoms with Gasteiger partial charge in [0, 0.05) is 28.5 Å². The number of benzene rings is 1. The fourth-order valence-electron chi connectivity index (χ4n) is 2.16. The monoisotopic (exact) mass is 321 g/mol. The molecule has 3 aromatic rings. The van der Waals surface area contributed by atoms with Crippen LogP contribution in [0.4, 0.5) is 8.78 Å². The Morgan fingerprint density at radius 1 is 1.36 bits per heavy atom. The second-order valence-electron chi connectivity index (χ2n) is 4.74. The molecular formula is C15H13F2N3OS. The Morgan fingerprint density at radius 3 is 2.95 bits per heavy atom. The van der Waals surface area contributed by atoms with E-state index in [-0.39, 0.29) is 10.5 Å². The van der Waals surface area contributed by atoms with E-state index in [0.29, 0.717) is 17.1 Å². The fraction of sp³-hybridized carbons (Fsp3) is 0.200. The molecular weight excluding hydrogens is 308 g/mol. The summed E-state index contributed by atoms with van der Waals surface area (Å²) in [7, 11) is 0. The zero-order valence-corrected chi connectivity index (χ0v) is 12.6. The maximum Gasteiger partial charge on any atom is 0.272 e. The highest BCUT2D eigenvalue weighted by molar-refractivity contribution is 7.98. The van der Waals surface area contributed by atoms with E-state index in [0.717, 1.165) is 29.8 Å². The number of halogens is 2. The first kappa shape index (κ1) is 14.8. The predicted molar refractivity (Wildman–Crippen MR) is 81.1 cm³/mol. The molecule has 114 valence electrons. The summed E-state index contributed by atoms with van der Waals surface area (Å²) in [5.41, 5.74) is 1.82. The number of nitrogens with zero attached hydrogens (tertiary/aromatic N) is 2. The third kappa shape index (κ3) is 2.64. The summed E-state index contributed by atoms with van der Waals surface area (Å²) in [6.07, 6.45) is 2.49. The smallest absolute Gasteiger partial charge is 0.272 e. The first-order valence-electron chi connectivity index (χ1n) is 6.76. The highest BCUT2D eigenvalue weighted by Crippen LogP contribution is 2.26. The van der Waals surface area contributed by atoms with Crippen LogP contribution in [0.3, 0.4) is 0 Å². The number of hydrogen-bond acceptors (Lipinski definition) is 3. The third-order valence-corrected chi connectivity index (χ3v) is 4.37. The normalized spacial score (nSPS) is 11.2. The third-order valence-electron chi connectivity index (χ3n) is 3.30. The van der Waals surface area contributed by atoms with Crippen LogP contribution in [0.5, 0.6) is 0 Å². The van der Waals surface area contributed by atoms with Gasteiger partial charge in [-0.2, -0.15) is 0 Å². The topological polar surface area (TPSA) is 50.2 Å². The number of hydrogen-bond donors (Lipinski definition) is 1. The standard InChI is InChI=1S/C15H13F2N3OS/c1-2-9-7-18-20-13(21)6-10(19-15(9)20)8-22-12-5-3-4-11(16)14(12)17/h3-7,18H,2,8H2,1H3. The van der Waals surface area contributed by atoms with Gasteiger partial charge >= 0.3 is 0 Å². The summed E-state index contributed by atoms with van der Waals surface area (Å²) >= 11 is 1.11. The molecule has 0 unspecified atom stereocenters. The molecule has 0 aliphatic carbocycles. The minimum Gasteiger partial charge on any atom is -0.297 e. The van der Waals surface area contributed by atoms with E-state index in [9.17, 15) is 13.6 Å². The molecule has 2 heterocycles. The van der Waals surface area contributed by atoms with Crippen molar-refractivity contribution in [1.82, 2.24) is 14.6 Å². The van der Waals surface area contributed by atoms with Gasteiger partial charge in [-0.05, 0) is 18.6 Å². The van der Waals surface area contributed by atoms with Crippen molar-refractivity contribution in [3.8, 4) is 0 Å². The molecule has 0 saturated carbocycles. The van der Waals surface area contributed by atoms with Crippen molar-refractivity contribution < 1.29 is 8.78 Å². The molecule has 0 spiro atoms. The molecule has 0 radical (unpaired) electrons. The quantitative estimate of drug-likeness (QED) is 0.751. The zero-order chi connectivity index (χ0) is 15.7. The number of thioether (sulfide) groups is 1. The van der Waals surface area contributed by atoms with E-state index in [1.54, 1.807) is 6.20 Å². The molecule has 1 aromatic carbocycles. The van der Waals surface area contributed by atoms with Crippen LogP contribution in [0.15, 0.2) is 40.2 Å². The highest BCUT2D eigenvalue weighted by Gasteiger charge is 2.11. The van der Waals surface area contributed by atoms with Crippen LogP contribution in [-0.2, 0) is 12.2 Å². The first-order chi connectivity index (χ1) is 10.6. The lowest BCUT2D eigenvalue weighted by atomic mass is 10.3. The first-order valence-corrected chi connectivity index (χ1v) is 7.74. The number of aromatic nitrogens is 3. The number of H-pyrrole nitrogens is 1. The molecule has 0 aliphatic rings. The van der Waals surface area contributed by atoms with E-state index < -0.39 is 11.6 Å². The van der Waals surface area contributed by atoms with Gasteiger partial charge in [0.05, 0.1) is 5.69 Å². The summed E-state index contributed by atoms with van der Waals surface area (Å²) in [6, 6.07) is 5.42. The van der Waals surface area contributed by atoms with Crippen LogP contribution in [0.2, 0.25) is 0 Å². The van der Waals surface area contributed by atoms with Crippen molar-refractivity contribution in [3.05, 3.63) is 63.7 Å². The number of nitrogens with one attached hydrogen (secondary N) is 1. The molecule has 1 N–H and O–H groups in total. The van der Waals surface area contributed by atoms with Crippen LogP contribution in [0, 0.1) is 11.6 Å². The maximum absolute atomic E-state index is 13.6. The molecule has 3 rings (SSSR count). The summed E-state index contributed by atoms with van der Waals surface area (Å²) in [4.78, 5) is 16.6. The number of aryl methyl sites for hydroxylation is 1. The van der Waals surface area contributed by atoms with Crippen LogP contribution in [0.25, 0.3) is 5.65 Å². The average Bonchev–Trinajstić information content (AvgIpc) is 2.92. The highest BCUT2D eigenvalue weighted by atomic mass is 32.2. The van der Waals surface area contributed by atoms with Crippen molar-refractivity contribution in [2.45, 2.75) is 24.0 Å². The van der Waals surface area contributed by atoms with Gasteiger partial charge in [0.25, 0.3) is 5.56 Å². The molecule has 2 aromatic heterocycles. The van der Waals surface area contributed by atoms with Gasteiger partial charge in [-0.3, -0.25) is 9.89 Å². The molecule has 4 nitrogen and oxygen atoms in total. The van der Waals surface area contributed by atoms with Gasteiger partial charge in [0.1, 0.15) is 0 Å². The van der Waals surface area contributed by atoms with Crippen molar-refractivity contribution in [3.63, 3.8) is 0 Å². The number of fused-ring (bicyclic) bond motifs is 1. The van der Waals surface area contributed by atoms with E-state index in [1.165, 1.54) is 22.7 Å². The number of aromatic amines is 1. The molecule has 7 heteroatoms. The largest absolute Gasteiger partial charge is 0.297 e. The molecule has 0 aliphatic heterocycles. The summed E-state index contributed by atoms with van der Waals surface area (Å²) < 4.78 is 28.2. The molecule has 0 atom stereocenters. The van der Waals surface area contributed by atoms with Gasteiger partial charge in [-0.25, -0.2) is 18.3 Å². The minimum atomic E-state index is -0.882. The lowest BCUT2D eigenvalue weighted by molar-refractivity contribution is 0.491. The lowest BCUT2D eigenvalue weighted by Crippen LogP contribution is -2.15. The molecule has 0 fully saturated rings. The van der Waals surface area contributed by atoms with E-state index in [1.807, 2.05) is 6.92 Å². The number of rotatable bonds is 4. The van der Waals surface area contributed by atoms with Crippen molar-refractivity contribution >= 4 is 17.4 Å².